The maximum Gasteiger partial charge on any atom is 0.331 e. The molecule has 7 N–H and O–H groups in total. The van der Waals surface area contributed by atoms with Crippen LogP contribution in [-0.4, -0.2) is 85.4 Å². The Labute approximate surface area is 285 Å². The molecule has 0 aromatic heterocycles. The van der Waals surface area contributed by atoms with Crippen LogP contribution in [0.15, 0.2) is 72.8 Å². The molecule has 0 saturated heterocycles. The molecule has 0 heterocycles. The third-order valence-electron chi connectivity index (χ3n) is 7.72. The number of rotatable bonds is 10. The molecule has 4 atom stereocenters. The number of esters is 3. The molecular weight excluding hydrogens is 654 g/mol. The normalized spacial score (nSPS) is 20.5. The van der Waals surface area contributed by atoms with E-state index in [1.54, 1.807) is 19.1 Å². The number of phenols is 5. The molecule has 0 bridgehead atoms. The zero-order valence-corrected chi connectivity index (χ0v) is 26.8. The topological polar surface area (TPSA) is 229 Å². The van der Waals surface area contributed by atoms with Gasteiger partial charge in [-0.15, -0.1) is 0 Å². The maximum atomic E-state index is 13.1. The Balaban J connectivity index is 1.64. The van der Waals surface area contributed by atoms with Crippen LogP contribution in [0.1, 0.15) is 35.1 Å². The van der Waals surface area contributed by atoms with Crippen LogP contribution in [0.5, 0.6) is 28.7 Å². The number of benzene rings is 3. The molecule has 3 aromatic rings. The fraction of sp³-hybridized carbons (Fsp3) is 0.222. The third-order valence-corrected chi connectivity index (χ3v) is 7.72. The van der Waals surface area contributed by atoms with Crippen LogP contribution < -0.4 is 5.32 Å². The van der Waals surface area contributed by atoms with Gasteiger partial charge in [0.25, 0.3) is 5.91 Å². The summed E-state index contributed by atoms with van der Waals surface area (Å²) in [5.74, 6) is -5.56. The van der Waals surface area contributed by atoms with E-state index in [2.05, 4.69) is 5.32 Å². The first-order valence-electron chi connectivity index (χ1n) is 15.1. The molecule has 0 aliphatic heterocycles. The van der Waals surface area contributed by atoms with Crippen molar-refractivity contribution in [3.63, 3.8) is 0 Å². The summed E-state index contributed by atoms with van der Waals surface area (Å²) in [5, 5.41) is 62.3. The summed E-state index contributed by atoms with van der Waals surface area (Å²) >= 11 is 0. The van der Waals surface area contributed by atoms with Crippen LogP contribution in [0.2, 0.25) is 0 Å². The molecule has 1 aliphatic rings. The summed E-state index contributed by atoms with van der Waals surface area (Å²) in [7, 11) is 1.26. The molecule has 1 fully saturated rings. The second kappa shape index (κ2) is 15.7. The number of phenolic OH excluding ortho intramolecular Hbond substituents is 5. The predicted octanol–water partition coefficient (Wildman–Crippen LogP) is 2.97. The van der Waals surface area contributed by atoms with E-state index in [-0.39, 0.29) is 17.2 Å². The van der Waals surface area contributed by atoms with Crippen molar-refractivity contribution < 1.29 is 64.0 Å². The van der Waals surface area contributed by atoms with E-state index in [1.165, 1.54) is 67.7 Å². The molecule has 14 nitrogen and oxygen atoms in total. The lowest BCUT2D eigenvalue weighted by Gasteiger charge is -2.42. The second-order valence-electron chi connectivity index (χ2n) is 11.4. The van der Waals surface area contributed by atoms with E-state index >= 15 is 0 Å². The Bertz CT molecular complexity index is 1780. The van der Waals surface area contributed by atoms with Gasteiger partial charge in [0.2, 0.25) is 0 Å². The molecule has 1 saturated carbocycles. The maximum absolute atomic E-state index is 13.1. The van der Waals surface area contributed by atoms with Crippen molar-refractivity contribution in [3.8, 4) is 28.7 Å². The summed E-state index contributed by atoms with van der Waals surface area (Å²) in [4.78, 5) is 51.9. The first kappa shape index (κ1) is 36.6. The van der Waals surface area contributed by atoms with E-state index in [9.17, 15) is 49.8 Å². The van der Waals surface area contributed by atoms with Gasteiger partial charge in [0, 0.05) is 38.1 Å². The summed E-state index contributed by atoms with van der Waals surface area (Å²) in [6.45, 7) is 1.69. The summed E-state index contributed by atoms with van der Waals surface area (Å²) < 4.78 is 16.7. The van der Waals surface area contributed by atoms with Gasteiger partial charge in [-0.1, -0.05) is 24.3 Å². The van der Waals surface area contributed by atoms with Crippen molar-refractivity contribution in [1.29, 1.82) is 0 Å². The van der Waals surface area contributed by atoms with Crippen LogP contribution in [0.25, 0.3) is 18.2 Å². The van der Waals surface area contributed by atoms with Gasteiger partial charge in [-0.25, -0.2) is 14.4 Å². The van der Waals surface area contributed by atoms with Crippen LogP contribution in [0.4, 0.5) is 0 Å². The zero-order valence-electron chi connectivity index (χ0n) is 26.8. The quantitative estimate of drug-likeness (QED) is 0.0704. The molecule has 0 radical (unpaired) electrons. The molecule has 50 heavy (non-hydrogen) atoms. The summed E-state index contributed by atoms with van der Waals surface area (Å²) in [6, 6.07) is 12.2. The number of aryl methyl sites for hydroxylation is 1. The number of hydrogen-bond acceptors (Lipinski definition) is 13. The Kier molecular flexibility index (Phi) is 11.5. The predicted molar refractivity (Wildman–Crippen MR) is 177 cm³/mol. The van der Waals surface area contributed by atoms with Gasteiger partial charge in [-0.2, -0.15) is 0 Å². The second-order valence-corrected chi connectivity index (χ2v) is 11.4. The van der Waals surface area contributed by atoms with Crippen LogP contribution in [-0.2, 0) is 33.4 Å². The summed E-state index contributed by atoms with van der Waals surface area (Å²) in [6.07, 6.45) is 0.984. The number of ether oxygens (including phenoxy) is 3. The van der Waals surface area contributed by atoms with E-state index in [0.717, 1.165) is 18.2 Å². The molecule has 3 aromatic carbocycles. The van der Waals surface area contributed by atoms with Crippen molar-refractivity contribution in [2.24, 2.45) is 0 Å². The Morgan fingerprint density at radius 1 is 0.640 bits per heavy atom. The fourth-order valence-electron chi connectivity index (χ4n) is 5.07. The third kappa shape index (κ3) is 9.41. The lowest BCUT2D eigenvalue weighted by molar-refractivity contribution is -0.205. The Hall–Kier alpha value is -6.28. The standard InChI is InChI=1S/C36H35NO13/c1-20-3-4-21(15-26(20)40)7-12-31(43)48-29-18-36(47,35(46)37-2)19-30(49-32(44)13-8-22-5-10-24(38)27(41)16-22)34(29)50-33(45)14-9-23-6-11-25(39)28(42)17-23/h3-17,29-30,34,38-42,47H,18-19H2,1-2H3,(H,37,46)/b12-7+,13-8+,14-9+/t29-,30-,34+,36-/m1/s1. The first-order chi connectivity index (χ1) is 23.7. The average Bonchev–Trinajstić information content (AvgIpc) is 3.07. The fourth-order valence-corrected chi connectivity index (χ4v) is 5.07. The minimum atomic E-state index is -2.26. The smallest absolute Gasteiger partial charge is 0.331 e. The van der Waals surface area contributed by atoms with Crippen LogP contribution in [0.3, 0.4) is 0 Å². The molecule has 1 aliphatic carbocycles. The van der Waals surface area contributed by atoms with Crippen molar-refractivity contribution in [2.75, 3.05) is 7.05 Å². The van der Waals surface area contributed by atoms with Gasteiger partial charge in [0.05, 0.1) is 0 Å². The van der Waals surface area contributed by atoms with Crippen LogP contribution >= 0.6 is 0 Å². The number of aromatic hydroxyl groups is 5. The van der Waals surface area contributed by atoms with Gasteiger partial charge in [0.1, 0.15) is 23.6 Å². The molecule has 262 valence electrons. The average molecular weight is 690 g/mol. The highest BCUT2D eigenvalue weighted by Gasteiger charge is 2.53. The molecule has 14 heteroatoms. The highest BCUT2D eigenvalue weighted by atomic mass is 16.6. The number of aliphatic hydroxyl groups is 1. The molecule has 1 amide bonds. The number of likely N-dealkylation sites (N-methyl/N-ethyl adjacent to an activating group) is 1. The van der Waals surface area contributed by atoms with Gasteiger partial charge in [-0.05, 0) is 77.7 Å². The highest BCUT2D eigenvalue weighted by molar-refractivity contribution is 5.90. The molecule has 4 rings (SSSR count). The largest absolute Gasteiger partial charge is 0.508 e. The van der Waals surface area contributed by atoms with Crippen molar-refractivity contribution >= 4 is 42.0 Å². The van der Waals surface area contributed by atoms with Gasteiger partial charge in [0.15, 0.2) is 29.1 Å². The summed E-state index contributed by atoms with van der Waals surface area (Å²) in [5.41, 5.74) is -0.594. The zero-order chi connectivity index (χ0) is 36.6. The Morgan fingerprint density at radius 3 is 1.44 bits per heavy atom. The van der Waals surface area contributed by atoms with E-state index < -0.39 is 72.1 Å². The first-order valence-corrected chi connectivity index (χ1v) is 15.1. The monoisotopic (exact) mass is 689 g/mol. The van der Waals surface area contributed by atoms with Crippen molar-refractivity contribution in [2.45, 2.75) is 43.7 Å². The van der Waals surface area contributed by atoms with Gasteiger partial charge < -0.3 is 50.2 Å². The Morgan fingerprint density at radius 2 is 1.04 bits per heavy atom. The van der Waals surface area contributed by atoms with E-state index in [1.807, 2.05) is 0 Å². The van der Waals surface area contributed by atoms with Crippen molar-refractivity contribution in [1.82, 2.24) is 5.32 Å². The number of carbonyl (C=O) groups excluding carboxylic acids is 4. The van der Waals surface area contributed by atoms with Crippen molar-refractivity contribution in [3.05, 3.63) is 95.1 Å². The SMILES string of the molecule is CNC(=O)[C@@]1(O)C[C@@H](OC(=O)/C=C/c2ccc(C)c(O)c2)[C@H](OC(=O)/C=C/c2ccc(O)c(O)c2)[C@H](OC(=O)/C=C/c2ccc(O)c(O)c2)C1. The van der Waals surface area contributed by atoms with E-state index in [4.69, 9.17) is 14.2 Å². The van der Waals surface area contributed by atoms with Crippen LogP contribution in [0, 0.1) is 6.92 Å². The number of nitrogens with one attached hydrogen (secondary N) is 1. The lowest BCUT2D eigenvalue weighted by atomic mass is 9.78. The number of amides is 1. The molecule has 0 unspecified atom stereocenters. The number of carbonyl (C=O) groups is 4. The highest BCUT2D eigenvalue weighted by Crippen LogP contribution is 2.35. The van der Waals surface area contributed by atoms with Gasteiger partial charge >= 0.3 is 17.9 Å². The minimum absolute atomic E-state index is 0.00749. The molecule has 0 spiro atoms. The number of hydrogen-bond donors (Lipinski definition) is 7. The minimum Gasteiger partial charge on any atom is -0.508 e. The van der Waals surface area contributed by atoms with Gasteiger partial charge in [-0.3, -0.25) is 4.79 Å². The van der Waals surface area contributed by atoms with E-state index in [0.29, 0.717) is 22.3 Å². The molecular formula is C36H35NO13. The lowest BCUT2D eigenvalue weighted by Crippen LogP contribution is -2.61.